The molecular formula is C14H29NO. The molecule has 1 fully saturated rings. The maximum Gasteiger partial charge on any atom is 0.0835 e. The van der Waals surface area contributed by atoms with E-state index in [0.717, 1.165) is 31.8 Å². The first-order valence-corrected chi connectivity index (χ1v) is 6.89. The van der Waals surface area contributed by atoms with E-state index < -0.39 is 0 Å². The van der Waals surface area contributed by atoms with E-state index in [9.17, 15) is 0 Å². The first-order valence-electron chi connectivity index (χ1n) is 6.89. The van der Waals surface area contributed by atoms with E-state index >= 15 is 0 Å². The average Bonchev–Trinajstić information content (AvgIpc) is 2.17. The minimum absolute atomic E-state index is 0.0311. The standard InChI is InChI=1S/C14H29NO/c1-5-16-14(13(15)9-11(2)3)8-6-7-12(4)10-14/h11-13H,5-10,15H2,1-4H3. The van der Waals surface area contributed by atoms with E-state index in [1.807, 2.05) is 0 Å². The lowest BCUT2D eigenvalue weighted by Gasteiger charge is -2.44. The summed E-state index contributed by atoms with van der Waals surface area (Å²) in [6, 6.07) is 0.204. The highest BCUT2D eigenvalue weighted by Crippen LogP contribution is 2.38. The molecule has 0 aliphatic heterocycles. The van der Waals surface area contributed by atoms with Crippen LogP contribution in [0.5, 0.6) is 0 Å². The molecule has 0 heterocycles. The summed E-state index contributed by atoms with van der Waals surface area (Å²) < 4.78 is 6.08. The van der Waals surface area contributed by atoms with Gasteiger partial charge in [0.1, 0.15) is 0 Å². The summed E-state index contributed by atoms with van der Waals surface area (Å²) in [4.78, 5) is 0. The number of nitrogens with two attached hydrogens (primary N) is 1. The van der Waals surface area contributed by atoms with Gasteiger partial charge in [0, 0.05) is 12.6 Å². The van der Waals surface area contributed by atoms with Crippen molar-refractivity contribution >= 4 is 0 Å². The van der Waals surface area contributed by atoms with Gasteiger partial charge < -0.3 is 10.5 Å². The summed E-state index contributed by atoms with van der Waals surface area (Å²) in [6.45, 7) is 9.69. The molecule has 0 amide bonds. The van der Waals surface area contributed by atoms with Crippen LogP contribution in [-0.4, -0.2) is 18.2 Å². The lowest BCUT2D eigenvalue weighted by atomic mass is 9.73. The molecule has 96 valence electrons. The number of ether oxygens (including phenoxy) is 1. The molecule has 0 bridgehead atoms. The molecule has 1 saturated carbocycles. The summed E-state index contributed by atoms with van der Waals surface area (Å²) in [5.74, 6) is 1.42. The van der Waals surface area contributed by atoms with Crippen molar-refractivity contribution in [2.24, 2.45) is 17.6 Å². The van der Waals surface area contributed by atoms with Crippen LogP contribution in [-0.2, 0) is 4.74 Å². The second kappa shape index (κ2) is 6.02. The Morgan fingerprint density at radius 1 is 1.44 bits per heavy atom. The van der Waals surface area contributed by atoms with Crippen molar-refractivity contribution in [1.82, 2.24) is 0 Å². The lowest BCUT2D eigenvalue weighted by molar-refractivity contribution is -0.0958. The Bertz CT molecular complexity index is 201. The van der Waals surface area contributed by atoms with Gasteiger partial charge in [-0.2, -0.15) is 0 Å². The molecule has 0 spiro atoms. The van der Waals surface area contributed by atoms with Gasteiger partial charge in [-0.3, -0.25) is 0 Å². The highest BCUT2D eigenvalue weighted by atomic mass is 16.5. The summed E-state index contributed by atoms with van der Waals surface area (Å²) >= 11 is 0. The lowest BCUT2D eigenvalue weighted by Crippen LogP contribution is -2.53. The van der Waals surface area contributed by atoms with Crippen molar-refractivity contribution in [3.8, 4) is 0 Å². The van der Waals surface area contributed by atoms with E-state index in [0.29, 0.717) is 5.92 Å². The highest BCUT2D eigenvalue weighted by Gasteiger charge is 2.40. The van der Waals surface area contributed by atoms with Crippen molar-refractivity contribution in [1.29, 1.82) is 0 Å². The van der Waals surface area contributed by atoms with Gasteiger partial charge in [0.25, 0.3) is 0 Å². The first-order chi connectivity index (χ1) is 7.50. The third-order valence-corrected chi connectivity index (χ3v) is 3.82. The third-order valence-electron chi connectivity index (χ3n) is 3.82. The largest absolute Gasteiger partial charge is 0.374 e. The monoisotopic (exact) mass is 227 g/mol. The van der Waals surface area contributed by atoms with E-state index in [2.05, 4.69) is 27.7 Å². The molecule has 3 atom stereocenters. The van der Waals surface area contributed by atoms with Crippen LogP contribution >= 0.6 is 0 Å². The fourth-order valence-electron chi connectivity index (χ4n) is 3.13. The molecule has 0 radical (unpaired) electrons. The molecule has 16 heavy (non-hydrogen) atoms. The van der Waals surface area contributed by atoms with Crippen LogP contribution in [0.25, 0.3) is 0 Å². The molecule has 2 heteroatoms. The highest BCUT2D eigenvalue weighted by molar-refractivity contribution is 4.95. The van der Waals surface area contributed by atoms with Crippen LogP contribution in [0.2, 0.25) is 0 Å². The summed E-state index contributed by atoms with van der Waals surface area (Å²) in [5.41, 5.74) is 6.38. The Morgan fingerprint density at radius 3 is 2.62 bits per heavy atom. The fraction of sp³-hybridized carbons (Fsp3) is 1.00. The quantitative estimate of drug-likeness (QED) is 0.781. The Morgan fingerprint density at radius 2 is 2.12 bits per heavy atom. The predicted molar refractivity (Wildman–Crippen MR) is 69.4 cm³/mol. The SMILES string of the molecule is CCOC1(C(N)CC(C)C)CCCC(C)C1. The number of hydrogen-bond donors (Lipinski definition) is 1. The molecule has 0 saturated heterocycles. The van der Waals surface area contributed by atoms with E-state index in [1.54, 1.807) is 0 Å². The zero-order valence-corrected chi connectivity index (χ0v) is 11.5. The van der Waals surface area contributed by atoms with E-state index in [1.165, 1.54) is 12.8 Å². The van der Waals surface area contributed by atoms with Crippen LogP contribution in [0.3, 0.4) is 0 Å². The number of rotatable bonds is 5. The van der Waals surface area contributed by atoms with Crippen molar-refractivity contribution in [3.05, 3.63) is 0 Å². The molecule has 1 aliphatic carbocycles. The third kappa shape index (κ3) is 3.46. The summed E-state index contributed by atoms with van der Waals surface area (Å²) in [5, 5.41) is 0. The Labute approximate surface area is 101 Å². The molecule has 0 aromatic carbocycles. The van der Waals surface area contributed by atoms with Crippen LogP contribution < -0.4 is 5.73 Å². The van der Waals surface area contributed by atoms with Gasteiger partial charge in [-0.1, -0.05) is 33.6 Å². The van der Waals surface area contributed by atoms with Gasteiger partial charge in [-0.15, -0.1) is 0 Å². The van der Waals surface area contributed by atoms with Crippen molar-refractivity contribution in [3.63, 3.8) is 0 Å². The predicted octanol–water partition coefficient (Wildman–Crippen LogP) is 3.35. The smallest absolute Gasteiger partial charge is 0.0835 e. The second-order valence-electron chi connectivity index (χ2n) is 5.94. The van der Waals surface area contributed by atoms with Gasteiger partial charge in [0.2, 0.25) is 0 Å². The Kier molecular flexibility index (Phi) is 5.26. The summed E-state index contributed by atoms with van der Waals surface area (Å²) in [6.07, 6.45) is 5.98. The van der Waals surface area contributed by atoms with Gasteiger partial charge in [0.05, 0.1) is 5.60 Å². The molecule has 2 N–H and O–H groups in total. The minimum atomic E-state index is -0.0311. The topological polar surface area (TPSA) is 35.2 Å². The van der Waals surface area contributed by atoms with Crippen LogP contribution in [0.15, 0.2) is 0 Å². The van der Waals surface area contributed by atoms with Crippen molar-refractivity contribution in [2.75, 3.05) is 6.61 Å². The zero-order chi connectivity index (χ0) is 12.2. The first kappa shape index (κ1) is 14.0. The molecule has 3 unspecified atom stereocenters. The van der Waals surface area contributed by atoms with Crippen LogP contribution in [0, 0.1) is 11.8 Å². The molecular weight excluding hydrogens is 198 g/mol. The van der Waals surface area contributed by atoms with Crippen LogP contribution in [0.1, 0.15) is 59.8 Å². The zero-order valence-electron chi connectivity index (χ0n) is 11.5. The van der Waals surface area contributed by atoms with E-state index in [4.69, 9.17) is 10.5 Å². The average molecular weight is 227 g/mol. The number of hydrogen-bond acceptors (Lipinski definition) is 2. The molecule has 1 aliphatic rings. The van der Waals surface area contributed by atoms with Gasteiger partial charge in [-0.25, -0.2) is 0 Å². The Balaban J connectivity index is 2.69. The molecule has 0 aromatic heterocycles. The summed E-state index contributed by atoms with van der Waals surface area (Å²) in [7, 11) is 0. The second-order valence-corrected chi connectivity index (χ2v) is 5.94. The maximum atomic E-state index is 6.41. The van der Waals surface area contributed by atoms with Crippen molar-refractivity contribution < 1.29 is 4.74 Å². The Hall–Kier alpha value is -0.0800. The maximum absolute atomic E-state index is 6.41. The van der Waals surface area contributed by atoms with Gasteiger partial charge in [-0.05, 0) is 38.0 Å². The molecule has 1 rings (SSSR count). The van der Waals surface area contributed by atoms with Gasteiger partial charge in [0.15, 0.2) is 0 Å². The molecule has 2 nitrogen and oxygen atoms in total. The van der Waals surface area contributed by atoms with Gasteiger partial charge >= 0.3 is 0 Å². The van der Waals surface area contributed by atoms with Crippen LogP contribution in [0.4, 0.5) is 0 Å². The van der Waals surface area contributed by atoms with E-state index in [-0.39, 0.29) is 11.6 Å². The molecule has 0 aromatic rings. The minimum Gasteiger partial charge on any atom is -0.374 e. The van der Waals surface area contributed by atoms with Crippen molar-refractivity contribution in [2.45, 2.75) is 71.4 Å². The normalized spacial score (nSPS) is 33.0. The fourth-order valence-corrected chi connectivity index (χ4v) is 3.13.